The number of halogens is 5. The Balaban J connectivity index is 0.00000450. The Morgan fingerprint density at radius 1 is 0.903 bits per heavy atom. The molecule has 1 N–H and O–H groups in total. The molecule has 2 rings (SSSR count). The average molecular weight is 483 g/mol. The zero-order valence-electron chi connectivity index (χ0n) is 18.3. The van der Waals surface area contributed by atoms with Gasteiger partial charge in [-0.3, -0.25) is 0 Å². The Bertz CT molecular complexity index is 715. The van der Waals surface area contributed by atoms with E-state index in [1.807, 2.05) is 6.07 Å². The van der Waals surface area contributed by atoms with E-state index in [-0.39, 0.29) is 24.8 Å². The van der Waals surface area contributed by atoms with E-state index < -0.39 is 11.7 Å². The lowest BCUT2D eigenvalue weighted by Gasteiger charge is -2.21. The first kappa shape index (κ1) is 29.8. The highest BCUT2D eigenvalue weighted by atomic mass is 35.5. The molecule has 1 aromatic carbocycles. The SMILES string of the molecule is CCCCN(CCCC)CCCNCc1ccc(-c2cccc(C(F)(F)F)c2)o1.Cl.Cl. The van der Waals surface area contributed by atoms with Gasteiger partial charge in [-0.15, -0.1) is 24.8 Å². The van der Waals surface area contributed by atoms with Crippen molar-refractivity contribution in [1.29, 1.82) is 0 Å². The Morgan fingerprint density at radius 2 is 1.55 bits per heavy atom. The first-order chi connectivity index (χ1) is 13.9. The molecule has 3 nitrogen and oxygen atoms in total. The van der Waals surface area contributed by atoms with Crippen LogP contribution in [0.3, 0.4) is 0 Å². The normalized spacial score (nSPS) is 11.3. The van der Waals surface area contributed by atoms with Crippen LogP contribution >= 0.6 is 24.8 Å². The summed E-state index contributed by atoms with van der Waals surface area (Å²) >= 11 is 0. The molecule has 0 aliphatic carbocycles. The van der Waals surface area contributed by atoms with Crippen LogP contribution in [0.5, 0.6) is 0 Å². The standard InChI is InChI=1S/C23H33F3N2O.2ClH/c1-3-5-14-28(15-6-4-2)16-8-13-27-18-21-11-12-22(29-21)19-9-7-10-20(17-19)23(24,25)26;;/h7,9-12,17,27H,3-6,8,13-16,18H2,1-2H3;2*1H. The molecular formula is C23H35Cl2F3N2O. The number of nitrogens with zero attached hydrogens (tertiary/aromatic N) is 1. The summed E-state index contributed by atoms with van der Waals surface area (Å²) in [4.78, 5) is 2.54. The maximum absolute atomic E-state index is 12.9. The number of nitrogens with one attached hydrogen (secondary N) is 1. The zero-order chi connectivity index (χ0) is 21.1. The molecule has 1 heterocycles. The molecule has 2 aromatic rings. The van der Waals surface area contributed by atoms with E-state index in [0.29, 0.717) is 17.9 Å². The van der Waals surface area contributed by atoms with Gasteiger partial charge in [-0.2, -0.15) is 13.2 Å². The largest absolute Gasteiger partial charge is 0.460 e. The van der Waals surface area contributed by atoms with Crippen LogP contribution in [0.15, 0.2) is 40.8 Å². The first-order valence-electron chi connectivity index (χ1n) is 10.6. The number of furan rings is 1. The van der Waals surface area contributed by atoms with E-state index in [9.17, 15) is 13.2 Å². The fraction of sp³-hybridized carbons (Fsp3) is 0.565. The van der Waals surface area contributed by atoms with Gasteiger partial charge in [-0.05, 0) is 69.7 Å². The van der Waals surface area contributed by atoms with Crippen LogP contribution in [0.25, 0.3) is 11.3 Å². The molecule has 8 heteroatoms. The van der Waals surface area contributed by atoms with Crippen LogP contribution < -0.4 is 5.32 Å². The van der Waals surface area contributed by atoms with Gasteiger partial charge in [0.05, 0.1) is 12.1 Å². The van der Waals surface area contributed by atoms with Crippen LogP contribution in [-0.2, 0) is 12.7 Å². The molecule has 0 saturated heterocycles. The maximum atomic E-state index is 12.9. The third-order valence-corrected chi connectivity index (χ3v) is 4.92. The highest BCUT2D eigenvalue weighted by Crippen LogP contribution is 2.32. The summed E-state index contributed by atoms with van der Waals surface area (Å²) in [6.45, 7) is 9.30. The van der Waals surface area contributed by atoms with Crippen molar-refractivity contribution in [2.24, 2.45) is 0 Å². The van der Waals surface area contributed by atoms with Crippen molar-refractivity contribution in [2.45, 2.75) is 58.7 Å². The molecule has 31 heavy (non-hydrogen) atoms. The highest BCUT2D eigenvalue weighted by molar-refractivity contribution is 5.85. The predicted octanol–water partition coefficient (Wildman–Crippen LogP) is 7.19. The summed E-state index contributed by atoms with van der Waals surface area (Å²) in [5.41, 5.74) is -0.227. The summed E-state index contributed by atoms with van der Waals surface area (Å²) in [6, 6.07) is 8.77. The van der Waals surface area contributed by atoms with Gasteiger partial charge in [0.1, 0.15) is 11.5 Å². The van der Waals surface area contributed by atoms with Crippen LogP contribution in [0.4, 0.5) is 13.2 Å². The van der Waals surface area contributed by atoms with E-state index in [0.717, 1.165) is 50.5 Å². The second kappa shape index (κ2) is 15.6. The second-order valence-electron chi connectivity index (χ2n) is 7.42. The quantitative estimate of drug-likeness (QED) is 0.306. The van der Waals surface area contributed by atoms with E-state index >= 15 is 0 Å². The third-order valence-electron chi connectivity index (χ3n) is 4.92. The van der Waals surface area contributed by atoms with Crippen molar-refractivity contribution in [3.63, 3.8) is 0 Å². The molecule has 0 aliphatic rings. The molecule has 0 saturated carbocycles. The third kappa shape index (κ3) is 10.8. The maximum Gasteiger partial charge on any atom is 0.416 e. The van der Waals surface area contributed by atoms with Gasteiger partial charge in [-0.25, -0.2) is 0 Å². The van der Waals surface area contributed by atoms with Gasteiger partial charge in [-0.1, -0.05) is 38.8 Å². The Kier molecular flexibility index (Phi) is 15.0. The van der Waals surface area contributed by atoms with Gasteiger partial charge >= 0.3 is 6.18 Å². The Labute approximate surface area is 196 Å². The van der Waals surface area contributed by atoms with Crippen molar-refractivity contribution >= 4 is 24.8 Å². The van der Waals surface area contributed by atoms with Crippen molar-refractivity contribution in [1.82, 2.24) is 10.2 Å². The van der Waals surface area contributed by atoms with Gasteiger partial charge in [0.2, 0.25) is 0 Å². The molecule has 0 radical (unpaired) electrons. The predicted molar refractivity (Wildman–Crippen MR) is 126 cm³/mol. The number of benzene rings is 1. The summed E-state index contributed by atoms with van der Waals surface area (Å²) < 4.78 is 44.4. The lowest BCUT2D eigenvalue weighted by atomic mass is 10.1. The second-order valence-corrected chi connectivity index (χ2v) is 7.42. The summed E-state index contributed by atoms with van der Waals surface area (Å²) in [5, 5.41) is 3.37. The highest BCUT2D eigenvalue weighted by Gasteiger charge is 2.30. The summed E-state index contributed by atoms with van der Waals surface area (Å²) in [7, 11) is 0. The Hall–Kier alpha value is -1.21. The lowest BCUT2D eigenvalue weighted by Crippen LogP contribution is -2.29. The first-order valence-corrected chi connectivity index (χ1v) is 10.6. The number of hydrogen-bond donors (Lipinski definition) is 1. The van der Waals surface area contributed by atoms with Crippen molar-refractivity contribution < 1.29 is 17.6 Å². The summed E-state index contributed by atoms with van der Waals surface area (Å²) in [6.07, 6.45) is 1.62. The molecule has 0 spiro atoms. The molecule has 0 atom stereocenters. The van der Waals surface area contributed by atoms with Gasteiger partial charge in [0.25, 0.3) is 0 Å². The molecule has 0 amide bonds. The topological polar surface area (TPSA) is 28.4 Å². The smallest absolute Gasteiger partial charge is 0.416 e. The van der Waals surface area contributed by atoms with Crippen LogP contribution in [0, 0.1) is 0 Å². The minimum absolute atomic E-state index is 0. The molecule has 0 bridgehead atoms. The van der Waals surface area contributed by atoms with Crippen molar-refractivity contribution in [2.75, 3.05) is 26.2 Å². The van der Waals surface area contributed by atoms with Crippen LogP contribution in [0.1, 0.15) is 57.3 Å². The summed E-state index contributed by atoms with van der Waals surface area (Å²) in [5.74, 6) is 1.18. The van der Waals surface area contributed by atoms with E-state index in [1.54, 1.807) is 12.1 Å². The fourth-order valence-electron chi connectivity index (χ4n) is 3.21. The average Bonchev–Trinajstić information content (AvgIpc) is 3.17. The minimum atomic E-state index is -4.35. The molecule has 0 unspecified atom stereocenters. The van der Waals surface area contributed by atoms with E-state index in [4.69, 9.17) is 4.42 Å². The zero-order valence-corrected chi connectivity index (χ0v) is 20.0. The monoisotopic (exact) mass is 482 g/mol. The van der Waals surface area contributed by atoms with Gasteiger partial charge < -0.3 is 14.6 Å². The lowest BCUT2D eigenvalue weighted by molar-refractivity contribution is -0.137. The number of unbranched alkanes of at least 4 members (excludes halogenated alkanes) is 2. The minimum Gasteiger partial charge on any atom is -0.460 e. The van der Waals surface area contributed by atoms with E-state index in [1.165, 1.54) is 31.7 Å². The molecule has 178 valence electrons. The number of alkyl halides is 3. The van der Waals surface area contributed by atoms with Crippen LogP contribution in [-0.4, -0.2) is 31.1 Å². The Morgan fingerprint density at radius 3 is 2.16 bits per heavy atom. The molecule has 0 fully saturated rings. The number of rotatable bonds is 13. The molecular weight excluding hydrogens is 448 g/mol. The van der Waals surface area contributed by atoms with E-state index in [2.05, 4.69) is 24.1 Å². The van der Waals surface area contributed by atoms with Gasteiger partial charge in [0.15, 0.2) is 0 Å². The number of hydrogen-bond acceptors (Lipinski definition) is 3. The molecule has 0 aliphatic heterocycles. The fourth-order valence-corrected chi connectivity index (χ4v) is 3.21. The molecule has 1 aromatic heterocycles. The van der Waals surface area contributed by atoms with Crippen molar-refractivity contribution in [3.8, 4) is 11.3 Å². The van der Waals surface area contributed by atoms with Crippen molar-refractivity contribution in [3.05, 3.63) is 47.7 Å². The van der Waals surface area contributed by atoms with Crippen LogP contribution in [0.2, 0.25) is 0 Å². The van der Waals surface area contributed by atoms with Gasteiger partial charge in [0, 0.05) is 5.56 Å².